The van der Waals surface area contributed by atoms with E-state index in [2.05, 4.69) is 20.8 Å². The SMILES string of the molecule is CC1CCC(C)(C(=O)Cl)C(C)C1C. The van der Waals surface area contributed by atoms with E-state index in [0.29, 0.717) is 11.8 Å². The van der Waals surface area contributed by atoms with Crippen molar-refractivity contribution in [2.45, 2.75) is 40.5 Å². The molecule has 1 rings (SSSR count). The van der Waals surface area contributed by atoms with Gasteiger partial charge in [0.1, 0.15) is 0 Å². The van der Waals surface area contributed by atoms with Crippen LogP contribution < -0.4 is 0 Å². The van der Waals surface area contributed by atoms with Crippen molar-refractivity contribution in [2.24, 2.45) is 23.2 Å². The number of carbonyl (C=O) groups is 1. The highest BCUT2D eigenvalue weighted by atomic mass is 35.5. The van der Waals surface area contributed by atoms with Crippen LogP contribution in [0.1, 0.15) is 40.5 Å². The van der Waals surface area contributed by atoms with Gasteiger partial charge in [-0.3, -0.25) is 4.79 Å². The molecule has 0 aromatic carbocycles. The smallest absolute Gasteiger partial charge is 0.227 e. The molecule has 0 radical (unpaired) electrons. The first-order valence-electron chi connectivity index (χ1n) is 5.09. The number of halogens is 1. The van der Waals surface area contributed by atoms with Gasteiger partial charge in [-0.2, -0.15) is 0 Å². The largest absolute Gasteiger partial charge is 0.281 e. The maximum atomic E-state index is 11.3. The molecule has 0 spiro atoms. The van der Waals surface area contributed by atoms with Crippen molar-refractivity contribution in [3.63, 3.8) is 0 Å². The Hall–Kier alpha value is -0.0400. The van der Waals surface area contributed by atoms with Crippen molar-refractivity contribution < 1.29 is 4.79 Å². The van der Waals surface area contributed by atoms with Gasteiger partial charge in [0, 0.05) is 5.41 Å². The first-order valence-corrected chi connectivity index (χ1v) is 5.47. The molecule has 4 unspecified atom stereocenters. The molecule has 1 aliphatic rings. The summed E-state index contributed by atoms with van der Waals surface area (Å²) < 4.78 is 0. The van der Waals surface area contributed by atoms with Crippen LogP contribution in [-0.2, 0) is 4.79 Å². The van der Waals surface area contributed by atoms with Crippen LogP contribution in [0.4, 0.5) is 0 Å². The van der Waals surface area contributed by atoms with E-state index in [9.17, 15) is 4.79 Å². The van der Waals surface area contributed by atoms with Crippen LogP contribution in [0.15, 0.2) is 0 Å². The molecule has 76 valence electrons. The van der Waals surface area contributed by atoms with E-state index in [1.165, 1.54) is 0 Å². The average Bonchev–Trinajstić information content (AvgIpc) is 2.08. The Labute approximate surface area is 85.8 Å². The van der Waals surface area contributed by atoms with Crippen LogP contribution in [-0.4, -0.2) is 5.24 Å². The predicted octanol–water partition coefficient (Wildman–Crippen LogP) is 3.46. The molecule has 0 amide bonds. The Morgan fingerprint density at radius 3 is 2.38 bits per heavy atom. The number of carbonyl (C=O) groups excluding carboxylic acids is 1. The molecule has 1 nitrogen and oxygen atoms in total. The fourth-order valence-corrected chi connectivity index (χ4v) is 2.63. The topological polar surface area (TPSA) is 17.1 Å². The maximum Gasteiger partial charge on any atom is 0.227 e. The third kappa shape index (κ3) is 1.76. The lowest BCUT2D eigenvalue weighted by molar-refractivity contribution is -0.126. The summed E-state index contributed by atoms with van der Waals surface area (Å²) in [5, 5.41) is -0.154. The molecular weight excluding hydrogens is 184 g/mol. The summed E-state index contributed by atoms with van der Waals surface area (Å²) in [7, 11) is 0. The second-order valence-corrected chi connectivity index (χ2v) is 5.20. The van der Waals surface area contributed by atoms with Gasteiger partial charge in [-0.25, -0.2) is 0 Å². The highest BCUT2D eigenvalue weighted by molar-refractivity contribution is 6.64. The molecule has 0 aliphatic heterocycles. The van der Waals surface area contributed by atoms with E-state index in [1.54, 1.807) is 0 Å². The molecule has 0 N–H and O–H groups in total. The van der Waals surface area contributed by atoms with E-state index in [0.717, 1.165) is 18.8 Å². The average molecular weight is 203 g/mol. The number of hydrogen-bond acceptors (Lipinski definition) is 1. The van der Waals surface area contributed by atoms with E-state index >= 15 is 0 Å². The van der Waals surface area contributed by atoms with Crippen LogP contribution in [0.5, 0.6) is 0 Å². The van der Waals surface area contributed by atoms with Gasteiger partial charge in [0.15, 0.2) is 0 Å². The lowest BCUT2D eigenvalue weighted by atomic mass is 9.61. The Bertz CT molecular complexity index is 214. The summed E-state index contributed by atoms with van der Waals surface area (Å²) >= 11 is 5.67. The number of rotatable bonds is 1. The molecule has 0 bridgehead atoms. The van der Waals surface area contributed by atoms with Crippen LogP contribution in [0.3, 0.4) is 0 Å². The van der Waals surface area contributed by atoms with Gasteiger partial charge in [-0.1, -0.05) is 27.7 Å². The predicted molar refractivity (Wildman–Crippen MR) is 55.7 cm³/mol. The Balaban J connectivity index is 2.85. The fraction of sp³-hybridized carbons (Fsp3) is 0.909. The Kier molecular flexibility index (Phi) is 3.06. The zero-order valence-corrected chi connectivity index (χ0v) is 9.69. The molecule has 13 heavy (non-hydrogen) atoms. The quantitative estimate of drug-likeness (QED) is 0.596. The molecule has 4 atom stereocenters. The van der Waals surface area contributed by atoms with Crippen LogP contribution in [0, 0.1) is 23.2 Å². The minimum atomic E-state index is -0.284. The van der Waals surface area contributed by atoms with Crippen LogP contribution in [0.2, 0.25) is 0 Å². The van der Waals surface area contributed by atoms with Crippen molar-refractivity contribution in [1.82, 2.24) is 0 Å². The summed E-state index contributed by atoms with van der Waals surface area (Å²) in [6, 6.07) is 0. The van der Waals surface area contributed by atoms with Gasteiger partial charge in [-0.05, 0) is 42.2 Å². The maximum absolute atomic E-state index is 11.3. The minimum Gasteiger partial charge on any atom is -0.281 e. The Morgan fingerprint density at radius 1 is 1.38 bits per heavy atom. The second kappa shape index (κ2) is 3.61. The molecule has 1 saturated carbocycles. The zero-order valence-electron chi connectivity index (χ0n) is 8.93. The summed E-state index contributed by atoms with van der Waals surface area (Å²) in [6.07, 6.45) is 2.07. The van der Waals surface area contributed by atoms with Crippen LogP contribution in [0.25, 0.3) is 0 Å². The number of hydrogen-bond donors (Lipinski definition) is 0. The molecule has 0 aromatic heterocycles. The zero-order chi connectivity index (χ0) is 10.2. The standard InChI is InChI=1S/C11H19ClO/c1-7-5-6-11(4,10(12)13)9(3)8(7)2/h7-9H,5-6H2,1-4H3. The third-order valence-electron chi connectivity index (χ3n) is 4.26. The molecular formula is C11H19ClO. The third-order valence-corrected chi connectivity index (χ3v) is 4.69. The first-order chi connectivity index (χ1) is 5.89. The highest BCUT2D eigenvalue weighted by Gasteiger charge is 2.44. The monoisotopic (exact) mass is 202 g/mol. The Morgan fingerprint density at radius 2 is 1.92 bits per heavy atom. The lowest BCUT2D eigenvalue weighted by Crippen LogP contribution is -2.41. The van der Waals surface area contributed by atoms with E-state index in [-0.39, 0.29) is 10.7 Å². The van der Waals surface area contributed by atoms with Crippen molar-refractivity contribution in [3.05, 3.63) is 0 Å². The highest BCUT2D eigenvalue weighted by Crippen LogP contribution is 2.47. The molecule has 0 saturated heterocycles. The van der Waals surface area contributed by atoms with Crippen LogP contribution >= 0.6 is 11.6 Å². The van der Waals surface area contributed by atoms with Crippen molar-refractivity contribution in [1.29, 1.82) is 0 Å². The normalized spacial score (nSPS) is 46.1. The molecule has 1 fully saturated rings. The van der Waals surface area contributed by atoms with Gasteiger partial charge in [-0.15, -0.1) is 0 Å². The molecule has 0 heterocycles. The van der Waals surface area contributed by atoms with Gasteiger partial charge in [0.25, 0.3) is 0 Å². The van der Waals surface area contributed by atoms with Crippen molar-refractivity contribution >= 4 is 16.8 Å². The molecule has 0 aromatic rings. The van der Waals surface area contributed by atoms with E-state index in [1.807, 2.05) is 6.92 Å². The fourth-order valence-electron chi connectivity index (χ4n) is 2.37. The second-order valence-electron chi connectivity index (χ2n) is 4.85. The van der Waals surface area contributed by atoms with E-state index in [4.69, 9.17) is 11.6 Å². The summed E-state index contributed by atoms with van der Waals surface area (Å²) in [5.41, 5.74) is -0.284. The van der Waals surface area contributed by atoms with Crippen molar-refractivity contribution in [2.75, 3.05) is 0 Å². The van der Waals surface area contributed by atoms with E-state index < -0.39 is 0 Å². The summed E-state index contributed by atoms with van der Waals surface area (Å²) in [5.74, 6) is 1.72. The molecule has 1 aliphatic carbocycles. The van der Waals surface area contributed by atoms with Crippen molar-refractivity contribution in [3.8, 4) is 0 Å². The lowest BCUT2D eigenvalue weighted by Gasteiger charge is -2.44. The van der Waals surface area contributed by atoms with Gasteiger partial charge in [0.2, 0.25) is 5.24 Å². The summed E-state index contributed by atoms with van der Waals surface area (Å²) in [4.78, 5) is 11.3. The van der Waals surface area contributed by atoms with Gasteiger partial charge in [0.05, 0.1) is 0 Å². The first kappa shape index (κ1) is 11.0. The van der Waals surface area contributed by atoms with Gasteiger partial charge < -0.3 is 0 Å². The summed E-state index contributed by atoms with van der Waals surface area (Å²) in [6.45, 7) is 8.65. The minimum absolute atomic E-state index is 0.154. The molecule has 2 heteroatoms. The van der Waals surface area contributed by atoms with Gasteiger partial charge >= 0.3 is 0 Å².